The Bertz CT molecular complexity index is 1920. The third-order valence-corrected chi connectivity index (χ3v) is 8.98. The van der Waals surface area contributed by atoms with Crippen molar-refractivity contribution < 1.29 is 51.8 Å². The number of nitrogens with two attached hydrogens (primary N) is 1. The van der Waals surface area contributed by atoms with Crippen molar-refractivity contribution in [3.63, 3.8) is 0 Å². The van der Waals surface area contributed by atoms with E-state index in [0.29, 0.717) is 16.9 Å². The number of nitrogens with zero attached hydrogens (tertiary/aromatic N) is 8. The van der Waals surface area contributed by atoms with Gasteiger partial charge in [-0.1, -0.05) is 5.18 Å². The average molecular weight is 702 g/mol. The largest absolute Gasteiger partial charge is 0.472 e. The molecule has 0 spiro atoms. The fourth-order valence-corrected chi connectivity index (χ4v) is 6.73. The minimum atomic E-state index is -5.07. The quantitative estimate of drug-likeness (QED) is 0.0878. The van der Waals surface area contributed by atoms with E-state index in [1.807, 2.05) is 0 Å². The lowest BCUT2D eigenvalue weighted by Crippen LogP contribution is -2.37. The number of anilines is 1. The van der Waals surface area contributed by atoms with Gasteiger partial charge in [0.2, 0.25) is 5.95 Å². The van der Waals surface area contributed by atoms with Crippen LogP contribution < -0.4 is 11.3 Å². The van der Waals surface area contributed by atoms with Gasteiger partial charge in [-0.15, -0.1) is 0 Å². The Balaban J connectivity index is 1.20. The molecule has 23 nitrogen and oxygen atoms in total. The zero-order chi connectivity index (χ0) is 33.6. The van der Waals surface area contributed by atoms with Gasteiger partial charge in [-0.25, -0.2) is 24.5 Å². The first-order chi connectivity index (χ1) is 22.4. The number of fused-ring (bicyclic) bond motifs is 2. The zero-order valence-electron chi connectivity index (χ0n) is 24.3. The second-order valence-electron chi connectivity index (χ2n) is 10.4. The minimum Gasteiger partial charge on any atom is -0.386 e. The van der Waals surface area contributed by atoms with Gasteiger partial charge in [0.25, 0.3) is 5.56 Å². The van der Waals surface area contributed by atoms with Crippen LogP contribution in [0.15, 0.2) is 29.0 Å². The summed E-state index contributed by atoms with van der Waals surface area (Å²) in [6.45, 7) is 0.382. The second kappa shape index (κ2) is 13.1. The topological polar surface area (TPSA) is 313 Å². The standard InChI is InChI=1S/C22H28N10O13P2/c1-8-11-17(25-5-24-8)31(6-26-11)21-16(40-2)15(10(44-21)3-41-46(36)37)45-47(38,39)42-4-9-12(30-35)14(33)20(43-9)32-7-27-13-18(32)28-22(23)29-19(13)34/h5-7,9-10,12,14-16,20-21,33,46H,3-4H2,1-2H3,(H,36,37)(H,38,39)(H3,23,28,29,34). The first kappa shape index (κ1) is 33.3. The van der Waals surface area contributed by atoms with E-state index in [2.05, 4.69) is 35.1 Å². The molecular formula is C22H28N10O13P2. The molecule has 10 unspecified atom stereocenters. The van der Waals surface area contributed by atoms with Crippen molar-refractivity contribution in [1.29, 1.82) is 0 Å². The second-order valence-corrected chi connectivity index (χ2v) is 12.6. The Morgan fingerprint density at radius 1 is 1.09 bits per heavy atom. The third-order valence-electron chi connectivity index (χ3n) is 7.59. The van der Waals surface area contributed by atoms with E-state index in [4.69, 9.17) is 33.5 Å². The molecule has 254 valence electrons. The lowest BCUT2D eigenvalue weighted by atomic mass is 10.1. The highest BCUT2D eigenvalue weighted by Crippen LogP contribution is 2.50. The van der Waals surface area contributed by atoms with Crippen LogP contribution in [0.5, 0.6) is 0 Å². The number of ether oxygens (including phenoxy) is 3. The summed E-state index contributed by atoms with van der Waals surface area (Å²) in [6, 6.07) is -1.51. The fourth-order valence-electron chi connectivity index (χ4n) is 5.46. The van der Waals surface area contributed by atoms with Gasteiger partial charge in [-0.3, -0.25) is 32.5 Å². The summed E-state index contributed by atoms with van der Waals surface area (Å²) in [6.07, 6.45) is -5.44. The van der Waals surface area contributed by atoms with Crippen molar-refractivity contribution >= 4 is 44.4 Å². The maximum absolute atomic E-state index is 13.3. The number of methoxy groups -OCH3 is 1. The fraction of sp³-hybridized carbons (Fsp3) is 0.545. The van der Waals surface area contributed by atoms with Crippen molar-refractivity contribution in [3.05, 3.63) is 39.9 Å². The Kier molecular flexibility index (Phi) is 9.30. The summed E-state index contributed by atoms with van der Waals surface area (Å²) in [5, 5.41) is 13.7. The van der Waals surface area contributed by atoms with Gasteiger partial charge in [0.1, 0.15) is 42.4 Å². The zero-order valence-corrected chi connectivity index (χ0v) is 26.2. The Morgan fingerprint density at radius 2 is 1.79 bits per heavy atom. The Labute approximate surface area is 262 Å². The smallest absolute Gasteiger partial charge is 0.386 e. The van der Waals surface area contributed by atoms with Crippen LogP contribution >= 0.6 is 16.1 Å². The number of phosphoric ester groups is 1. The molecule has 4 aromatic rings. The maximum Gasteiger partial charge on any atom is 0.472 e. The Morgan fingerprint density at radius 3 is 2.49 bits per heavy atom. The molecule has 4 aromatic heterocycles. The van der Waals surface area contributed by atoms with Crippen molar-refractivity contribution in [2.45, 2.75) is 55.9 Å². The molecule has 0 radical (unpaired) electrons. The number of nitroso groups, excluding NO2 is 1. The number of H-pyrrole nitrogens is 1. The highest BCUT2D eigenvalue weighted by atomic mass is 31.2. The van der Waals surface area contributed by atoms with E-state index < -0.39 is 83.9 Å². The first-order valence-electron chi connectivity index (χ1n) is 13.6. The van der Waals surface area contributed by atoms with E-state index in [-0.39, 0.29) is 17.1 Å². The number of aromatic nitrogens is 8. The van der Waals surface area contributed by atoms with Crippen LogP contribution in [0.4, 0.5) is 5.95 Å². The van der Waals surface area contributed by atoms with Crippen molar-refractivity contribution in [3.8, 4) is 0 Å². The van der Waals surface area contributed by atoms with Crippen LogP contribution in [0.25, 0.3) is 22.3 Å². The van der Waals surface area contributed by atoms with Crippen LogP contribution in [0.1, 0.15) is 18.1 Å². The summed E-state index contributed by atoms with van der Waals surface area (Å²) in [5.41, 5.74) is 6.14. The van der Waals surface area contributed by atoms with Gasteiger partial charge in [0.15, 0.2) is 35.3 Å². The number of hydrogen-bond acceptors (Lipinski definition) is 18. The van der Waals surface area contributed by atoms with E-state index >= 15 is 0 Å². The number of nitrogen functional groups attached to an aromatic ring is 1. The summed E-state index contributed by atoms with van der Waals surface area (Å²) in [7, 11) is -7.24. The number of aryl methyl sites for hydroxylation is 1. The molecular weight excluding hydrogens is 674 g/mol. The number of aromatic amines is 1. The number of phosphoric acid groups is 1. The molecule has 6 heterocycles. The van der Waals surface area contributed by atoms with Crippen molar-refractivity contribution in [1.82, 2.24) is 39.0 Å². The van der Waals surface area contributed by atoms with Crippen molar-refractivity contribution in [2.75, 3.05) is 26.1 Å². The molecule has 2 aliphatic heterocycles. The third kappa shape index (κ3) is 6.35. The van der Waals surface area contributed by atoms with Crippen LogP contribution in [0.3, 0.4) is 0 Å². The Hall–Kier alpha value is -3.60. The molecule has 25 heteroatoms. The van der Waals surface area contributed by atoms with E-state index in [0.717, 1.165) is 10.9 Å². The molecule has 6 rings (SSSR count). The first-order valence-corrected chi connectivity index (χ1v) is 16.4. The lowest BCUT2D eigenvalue weighted by molar-refractivity contribution is -0.0562. The highest BCUT2D eigenvalue weighted by Gasteiger charge is 2.52. The maximum atomic E-state index is 13.3. The molecule has 2 saturated heterocycles. The molecule has 47 heavy (non-hydrogen) atoms. The van der Waals surface area contributed by atoms with Gasteiger partial charge in [-0.2, -0.15) is 9.89 Å². The van der Waals surface area contributed by atoms with Crippen LogP contribution in [-0.2, 0) is 36.9 Å². The van der Waals surface area contributed by atoms with Crippen LogP contribution in [0.2, 0.25) is 0 Å². The molecule has 0 saturated carbocycles. The molecule has 6 N–H and O–H groups in total. The van der Waals surface area contributed by atoms with Gasteiger partial charge in [0.05, 0.1) is 31.6 Å². The van der Waals surface area contributed by atoms with Gasteiger partial charge in [-0.05, 0) is 6.92 Å². The van der Waals surface area contributed by atoms with Crippen molar-refractivity contribution in [2.24, 2.45) is 5.18 Å². The molecule has 10 atom stereocenters. The molecule has 0 amide bonds. The van der Waals surface area contributed by atoms with Crippen LogP contribution in [-0.4, -0.2) is 111 Å². The average Bonchev–Trinajstić information content (AvgIpc) is 3.78. The normalized spacial score (nSPS) is 29.8. The monoisotopic (exact) mass is 702 g/mol. The molecule has 0 aliphatic carbocycles. The number of aliphatic hydroxyl groups excluding tert-OH is 1. The molecule has 0 aromatic carbocycles. The number of hydrogen-bond donors (Lipinski definition) is 5. The summed E-state index contributed by atoms with van der Waals surface area (Å²) < 4.78 is 60.1. The predicted molar refractivity (Wildman–Crippen MR) is 155 cm³/mol. The lowest BCUT2D eigenvalue weighted by Gasteiger charge is -2.25. The van der Waals surface area contributed by atoms with Gasteiger partial charge < -0.3 is 39.4 Å². The van der Waals surface area contributed by atoms with E-state index in [1.54, 1.807) is 6.92 Å². The number of aliphatic hydroxyl groups is 1. The summed E-state index contributed by atoms with van der Waals surface area (Å²) in [4.78, 5) is 66.7. The SMILES string of the molecule is COC1C(OP(=O)(O)OCC2OC(n3cnc4c(=O)[nH]c(N)nc43)C(O)C2N=O)C(CO[PH](=O)O)OC1n1cnc2c(C)ncnc21. The number of nitrogens with one attached hydrogen (secondary N) is 1. The predicted octanol–water partition coefficient (Wildman–Crippen LogP) is -0.943. The van der Waals surface area contributed by atoms with Gasteiger partial charge >= 0.3 is 16.1 Å². The number of rotatable bonds is 12. The van der Waals surface area contributed by atoms with E-state index in [1.165, 1.54) is 24.3 Å². The van der Waals surface area contributed by atoms with Crippen LogP contribution in [0, 0.1) is 11.8 Å². The molecule has 2 fully saturated rings. The van der Waals surface area contributed by atoms with Gasteiger partial charge in [0, 0.05) is 7.11 Å². The minimum absolute atomic E-state index is 0.0647. The molecule has 2 aliphatic rings. The highest BCUT2D eigenvalue weighted by molar-refractivity contribution is 7.47. The molecule has 0 bridgehead atoms. The summed E-state index contributed by atoms with van der Waals surface area (Å²) >= 11 is 0. The number of imidazole rings is 2. The summed E-state index contributed by atoms with van der Waals surface area (Å²) in [5.74, 6) is -0.243. The van der Waals surface area contributed by atoms with E-state index in [9.17, 15) is 33.7 Å².